The van der Waals surface area contributed by atoms with Crippen LogP contribution >= 0.6 is 0 Å². The van der Waals surface area contributed by atoms with Crippen LogP contribution in [0.5, 0.6) is 0 Å². The van der Waals surface area contributed by atoms with Crippen LogP contribution in [-0.4, -0.2) is 37.0 Å². The zero-order chi connectivity index (χ0) is 13.2. The molecule has 3 aliphatic rings. The molecule has 3 nitrogen and oxygen atoms in total. The Bertz CT molecular complexity index is 313. The largest absolute Gasteiger partial charge is 0.342 e. The van der Waals surface area contributed by atoms with Gasteiger partial charge in [0.15, 0.2) is 0 Å². The van der Waals surface area contributed by atoms with E-state index in [1.165, 1.54) is 38.5 Å². The molecule has 0 bridgehead atoms. The number of hydrogen-bond donors (Lipinski definition) is 1. The average Bonchev–Trinajstić information content (AvgIpc) is 3.19. The third kappa shape index (κ3) is 2.81. The Kier molecular flexibility index (Phi) is 4.11. The number of nitrogens with zero attached hydrogens (tertiary/aromatic N) is 1. The van der Waals surface area contributed by atoms with Gasteiger partial charge in [-0.2, -0.15) is 0 Å². The monoisotopic (exact) mass is 264 g/mol. The minimum Gasteiger partial charge on any atom is -0.342 e. The summed E-state index contributed by atoms with van der Waals surface area (Å²) in [7, 11) is 0. The molecule has 3 atom stereocenters. The van der Waals surface area contributed by atoms with Gasteiger partial charge in [-0.15, -0.1) is 0 Å². The first-order valence-corrected chi connectivity index (χ1v) is 8.30. The van der Waals surface area contributed by atoms with Crippen LogP contribution in [0.4, 0.5) is 0 Å². The lowest BCUT2D eigenvalue weighted by atomic mass is 9.99. The van der Waals surface area contributed by atoms with Gasteiger partial charge in [0.05, 0.1) is 0 Å². The highest BCUT2D eigenvalue weighted by atomic mass is 16.2. The Hall–Kier alpha value is -0.570. The zero-order valence-electron chi connectivity index (χ0n) is 12.2. The summed E-state index contributed by atoms with van der Waals surface area (Å²) >= 11 is 0. The first-order valence-electron chi connectivity index (χ1n) is 8.30. The normalized spacial score (nSPS) is 37.5. The molecule has 0 radical (unpaired) electrons. The Morgan fingerprint density at radius 3 is 2.47 bits per heavy atom. The van der Waals surface area contributed by atoms with Crippen molar-refractivity contribution in [2.24, 2.45) is 23.7 Å². The molecule has 0 aromatic carbocycles. The van der Waals surface area contributed by atoms with Crippen LogP contribution in [0.15, 0.2) is 0 Å². The predicted octanol–water partition coefficient (Wildman–Crippen LogP) is 2.27. The number of piperidine rings is 1. The first-order chi connectivity index (χ1) is 9.31. The van der Waals surface area contributed by atoms with E-state index >= 15 is 0 Å². The van der Waals surface area contributed by atoms with Gasteiger partial charge in [0, 0.05) is 19.0 Å². The quantitative estimate of drug-likeness (QED) is 0.845. The highest BCUT2D eigenvalue weighted by Crippen LogP contribution is 2.56. The number of carbonyl (C=O) groups is 1. The van der Waals surface area contributed by atoms with Crippen molar-refractivity contribution in [3.05, 3.63) is 0 Å². The fourth-order valence-corrected chi connectivity index (χ4v) is 4.34. The molecule has 19 heavy (non-hydrogen) atoms. The molecule has 0 aromatic rings. The van der Waals surface area contributed by atoms with Gasteiger partial charge < -0.3 is 10.2 Å². The maximum absolute atomic E-state index is 12.7. The zero-order valence-corrected chi connectivity index (χ0v) is 12.2. The smallest absolute Gasteiger partial charge is 0.226 e. The third-order valence-corrected chi connectivity index (χ3v) is 5.51. The number of fused-ring (bicyclic) bond motifs is 1. The molecular formula is C16H28N2O. The number of rotatable bonds is 4. The van der Waals surface area contributed by atoms with E-state index in [0.717, 1.165) is 38.0 Å². The number of carbonyl (C=O) groups excluding carboxylic acids is 1. The second-order valence-corrected chi connectivity index (χ2v) is 6.73. The molecule has 2 aliphatic carbocycles. The van der Waals surface area contributed by atoms with Crippen LogP contribution in [0.3, 0.4) is 0 Å². The average molecular weight is 264 g/mol. The van der Waals surface area contributed by atoms with Crippen LogP contribution in [-0.2, 0) is 4.79 Å². The van der Waals surface area contributed by atoms with E-state index in [4.69, 9.17) is 0 Å². The summed E-state index contributed by atoms with van der Waals surface area (Å²) in [6.07, 6.45) is 7.87. The lowest BCUT2D eigenvalue weighted by molar-refractivity contribution is -0.133. The predicted molar refractivity (Wildman–Crippen MR) is 76.8 cm³/mol. The van der Waals surface area contributed by atoms with Crippen molar-refractivity contribution < 1.29 is 4.79 Å². The maximum atomic E-state index is 12.7. The molecule has 1 amide bonds. The van der Waals surface area contributed by atoms with Crippen molar-refractivity contribution in [1.82, 2.24) is 10.2 Å². The topological polar surface area (TPSA) is 32.3 Å². The van der Waals surface area contributed by atoms with Crippen molar-refractivity contribution >= 4 is 5.91 Å². The molecule has 0 aromatic heterocycles. The Morgan fingerprint density at radius 2 is 1.89 bits per heavy atom. The maximum Gasteiger partial charge on any atom is 0.226 e. The van der Waals surface area contributed by atoms with E-state index in [2.05, 4.69) is 17.1 Å². The summed E-state index contributed by atoms with van der Waals surface area (Å²) in [5, 5.41) is 3.46. The van der Waals surface area contributed by atoms with Crippen molar-refractivity contribution in [2.75, 3.05) is 26.2 Å². The summed E-state index contributed by atoms with van der Waals surface area (Å²) in [4.78, 5) is 14.8. The van der Waals surface area contributed by atoms with Gasteiger partial charge in [-0.1, -0.05) is 12.8 Å². The first kappa shape index (κ1) is 13.4. The van der Waals surface area contributed by atoms with Gasteiger partial charge in [0.25, 0.3) is 0 Å². The lowest BCUT2D eigenvalue weighted by Crippen LogP contribution is -2.41. The molecule has 1 saturated heterocycles. The molecule has 1 aliphatic heterocycles. The van der Waals surface area contributed by atoms with Gasteiger partial charge in [-0.25, -0.2) is 0 Å². The third-order valence-electron chi connectivity index (χ3n) is 5.51. The number of hydrogen-bond acceptors (Lipinski definition) is 2. The summed E-state index contributed by atoms with van der Waals surface area (Å²) < 4.78 is 0. The minimum atomic E-state index is 0.402. The molecule has 3 heteroatoms. The van der Waals surface area contributed by atoms with Gasteiger partial charge in [-0.05, 0) is 63.5 Å². The molecule has 108 valence electrons. The molecule has 3 fully saturated rings. The summed E-state index contributed by atoms with van der Waals surface area (Å²) in [5.74, 6) is 3.06. The van der Waals surface area contributed by atoms with Crippen LogP contribution in [0.1, 0.15) is 45.4 Å². The summed E-state index contributed by atoms with van der Waals surface area (Å²) in [6.45, 7) is 6.27. The highest BCUT2D eigenvalue weighted by Gasteiger charge is 2.55. The Balaban J connectivity index is 1.54. The van der Waals surface area contributed by atoms with Gasteiger partial charge in [0.2, 0.25) is 5.91 Å². The molecule has 3 unspecified atom stereocenters. The van der Waals surface area contributed by atoms with Crippen LogP contribution in [0, 0.1) is 23.7 Å². The second-order valence-electron chi connectivity index (χ2n) is 6.73. The number of nitrogens with one attached hydrogen (secondary N) is 1. The molecule has 2 saturated carbocycles. The van der Waals surface area contributed by atoms with E-state index in [1.54, 1.807) is 0 Å². The van der Waals surface area contributed by atoms with E-state index in [9.17, 15) is 4.79 Å². The molecule has 1 heterocycles. The Labute approximate surface area is 117 Å². The van der Waals surface area contributed by atoms with E-state index in [-0.39, 0.29) is 0 Å². The van der Waals surface area contributed by atoms with Crippen molar-refractivity contribution in [3.63, 3.8) is 0 Å². The van der Waals surface area contributed by atoms with Crippen molar-refractivity contribution in [1.29, 1.82) is 0 Å². The van der Waals surface area contributed by atoms with Crippen molar-refractivity contribution in [2.45, 2.75) is 45.4 Å². The van der Waals surface area contributed by atoms with E-state index < -0.39 is 0 Å². The standard InChI is InChI=1S/C16H28N2O/c1-2-18(11-12-6-5-9-17-10-12)16(19)15-13-7-3-4-8-14(13)15/h12-15,17H,2-11H2,1H3. The SMILES string of the molecule is CCN(CC1CCCNC1)C(=O)C1C2CCCCC21. The second kappa shape index (κ2) is 5.82. The van der Waals surface area contributed by atoms with Gasteiger partial charge in [0.1, 0.15) is 0 Å². The van der Waals surface area contributed by atoms with Gasteiger partial charge >= 0.3 is 0 Å². The fourth-order valence-electron chi connectivity index (χ4n) is 4.34. The van der Waals surface area contributed by atoms with Crippen molar-refractivity contribution in [3.8, 4) is 0 Å². The minimum absolute atomic E-state index is 0.402. The summed E-state index contributed by atoms with van der Waals surface area (Å²) in [6, 6.07) is 0. The summed E-state index contributed by atoms with van der Waals surface area (Å²) in [5.41, 5.74) is 0. The van der Waals surface area contributed by atoms with E-state index in [0.29, 0.717) is 17.7 Å². The molecular weight excluding hydrogens is 236 g/mol. The molecule has 0 spiro atoms. The highest BCUT2D eigenvalue weighted by molar-refractivity contribution is 5.82. The Morgan fingerprint density at radius 1 is 1.16 bits per heavy atom. The van der Waals surface area contributed by atoms with Crippen LogP contribution < -0.4 is 5.32 Å². The molecule has 3 rings (SSSR count). The van der Waals surface area contributed by atoms with Crippen LogP contribution in [0.25, 0.3) is 0 Å². The molecule has 1 N–H and O–H groups in total. The van der Waals surface area contributed by atoms with E-state index in [1.807, 2.05) is 0 Å². The fraction of sp³-hybridized carbons (Fsp3) is 0.938. The van der Waals surface area contributed by atoms with Crippen LogP contribution in [0.2, 0.25) is 0 Å². The van der Waals surface area contributed by atoms with Gasteiger partial charge in [-0.3, -0.25) is 4.79 Å². The lowest BCUT2D eigenvalue weighted by Gasteiger charge is -2.29. The number of amides is 1.